The Morgan fingerprint density at radius 3 is 2.56 bits per heavy atom. The molecular formula is C24H21N5O5S2. The molecule has 0 atom stereocenters. The van der Waals surface area contributed by atoms with Crippen molar-refractivity contribution in [2.24, 2.45) is 9.39 Å². The molecule has 2 aromatic carbocycles. The number of carbonyl (C=O) groups is 1. The number of benzene rings is 2. The van der Waals surface area contributed by atoms with E-state index in [0.717, 1.165) is 45.5 Å². The monoisotopic (exact) mass is 523 g/mol. The molecule has 2 aliphatic heterocycles. The predicted molar refractivity (Wildman–Crippen MR) is 140 cm³/mol. The minimum Gasteiger partial charge on any atom is -0.497 e. The van der Waals surface area contributed by atoms with Crippen LogP contribution >= 0.6 is 11.9 Å². The maximum atomic E-state index is 12.8. The second kappa shape index (κ2) is 9.28. The maximum absolute atomic E-state index is 12.8. The summed E-state index contributed by atoms with van der Waals surface area (Å²) in [4.78, 5) is 17.8. The average molecular weight is 524 g/mol. The van der Waals surface area contributed by atoms with E-state index in [9.17, 15) is 13.2 Å². The summed E-state index contributed by atoms with van der Waals surface area (Å²) in [5.74, 6) is 0.566. The summed E-state index contributed by atoms with van der Waals surface area (Å²) in [5.41, 5.74) is 1.61. The van der Waals surface area contributed by atoms with Crippen LogP contribution in [0.1, 0.15) is 5.56 Å². The van der Waals surface area contributed by atoms with E-state index in [1.54, 1.807) is 13.2 Å². The van der Waals surface area contributed by atoms with Crippen LogP contribution in [0.4, 0.5) is 0 Å². The molecule has 0 bridgehead atoms. The summed E-state index contributed by atoms with van der Waals surface area (Å²) in [6.45, 7) is 0.944. The molecule has 0 spiro atoms. The van der Waals surface area contributed by atoms with Crippen LogP contribution in [-0.2, 0) is 21.2 Å². The topological polar surface area (TPSA) is 126 Å². The SMILES string of the molecule is COc1ccc(OCCn2cc(C=C3C(=N)N4C(=NC3=O)SN=C4S(C)(=O)=O)c3ccccc32)cc1. The summed E-state index contributed by atoms with van der Waals surface area (Å²) < 4.78 is 41.2. The van der Waals surface area contributed by atoms with E-state index < -0.39 is 15.7 Å². The lowest BCUT2D eigenvalue weighted by molar-refractivity contribution is -0.114. The highest BCUT2D eigenvalue weighted by Gasteiger charge is 2.41. The van der Waals surface area contributed by atoms with E-state index in [1.165, 1.54) is 0 Å². The van der Waals surface area contributed by atoms with Gasteiger partial charge in [-0.05, 0) is 36.4 Å². The van der Waals surface area contributed by atoms with E-state index in [4.69, 9.17) is 14.9 Å². The number of methoxy groups -OCH3 is 1. The third-order valence-corrected chi connectivity index (χ3v) is 7.36. The van der Waals surface area contributed by atoms with Crippen LogP contribution in [-0.4, -0.2) is 59.9 Å². The zero-order chi connectivity index (χ0) is 25.4. The van der Waals surface area contributed by atoms with Crippen molar-refractivity contribution in [1.82, 2.24) is 9.47 Å². The quantitative estimate of drug-likeness (QED) is 0.388. The number of amidine groups is 3. The lowest BCUT2D eigenvalue weighted by atomic mass is 10.1. The summed E-state index contributed by atoms with van der Waals surface area (Å²) >= 11 is 0.764. The molecule has 0 saturated carbocycles. The number of aromatic nitrogens is 1. The van der Waals surface area contributed by atoms with Gasteiger partial charge in [-0.2, -0.15) is 9.39 Å². The van der Waals surface area contributed by atoms with Crippen LogP contribution in [0.15, 0.2) is 69.7 Å². The van der Waals surface area contributed by atoms with Gasteiger partial charge >= 0.3 is 0 Å². The molecule has 3 aromatic rings. The minimum absolute atomic E-state index is 0.0185. The Bertz CT molecular complexity index is 1590. The Morgan fingerprint density at radius 2 is 1.83 bits per heavy atom. The molecule has 2 aliphatic rings. The van der Waals surface area contributed by atoms with Crippen molar-refractivity contribution in [3.8, 4) is 11.5 Å². The number of sulfone groups is 1. The van der Waals surface area contributed by atoms with E-state index >= 15 is 0 Å². The minimum atomic E-state index is -3.72. The van der Waals surface area contributed by atoms with Gasteiger partial charge in [0.2, 0.25) is 20.2 Å². The molecule has 0 aliphatic carbocycles. The summed E-state index contributed by atoms with van der Waals surface area (Å²) in [7, 11) is -2.11. The highest BCUT2D eigenvalue weighted by Crippen LogP contribution is 2.31. The molecule has 3 heterocycles. The van der Waals surface area contributed by atoms with Crippen LogP contribution < -0.4 is 9.47 Å². The highest BCUT2D eigenvalue weighted by atomic mass is 32.2. The van der Waals surface area contributed by atoms with Crippen molar-refractivity contribution in [2.45, 2.75) is 6.54 Å². The third kappa shape index (κ3) is 4.40. The molecule has 36 heavy (non-hydrogen) atoms. The Kier molecular flexibility index (Phi) is 6.14. The van der Waals surface area contributed by atoms with Gasteiger partial charge in [-0.15, -0.1) is 0 Å². The first kappa shape index (κ1) is 23.8. The van der Waals surface area contributed by atoms with E-state index in [0.29, 0.717) is 18.7 Å². The van der Waals surface area contributed by atoms with Gasteiger partial charge in [0.05, 0.1) is 31.2 Å². The molecular weight excluding hydrogens is 502 g/mol. The second-order valence-electron chi connectivity index (χ2n) is 8.00. The molecule has 10 nitrogen and oxygen atoms in total. The molecule has 1 aromatic heterocycles. The molecule has 0 radical (unpaired) electrons. The standard InChI is InChI=1S/C24H21N5O5S2/c1-33-16-7-9-17(10-8-16)34-12-11-28-14-15(18-5-3-4-6-20(18)28)13-19-21(25)29-23(26-22(19)30)35-27-24(29)36(2,31)32/h3-10,13-14,25H,11-12H2,1-2H3. The zero-order valence-electron chi connectivity index (χ0n) is 19.3. The number of nitrogens with zero attached hydrogens (tertiary/aromatic N) is 4. The number of hydrogen-bond acceptors (Lipinski definition) is 8. The third-order valence-electron chi connectivity index (χ3n) is 5.61. The van der Waals surface area contributed by atoms with Crippen molar-refractivity contribution in [2.75, 3.05) is 20.0 Å². The van der Waals surface area contributed by atoms with E-state index in [-0.39, 0.29) is 21.7 Å². The van der Waals surface area contributed by atoms with Gasteiger partial charge in [0.1, 0.15) is 23.9 Å². The fraction of sp³-hybridized carbons (Fsp3) is 0.167. The van der Waals surface area contributed by atoms with Crippen molar-refractivity contribution >= 4 is 60.8 Å². The van der Waals surface area contributed by atoms with Crippen LogP contribution in [0.3, 0.4) is 0 Å². The van der Waals surface area contributed by atoms with E-state index in [2.05, 4.69) is 9.39 Å². The summed E-state index contributed by atoms with van der Waals surface area (Å²) in [6, 6.07) is 15.0. The van der Waals surface area contributed by atoms with Crippen LogP contribution in [0.2, 0.25) is 0 Å². The molecule has 12 heteroatoms. The normalized spacial score (nSPS) is 16.8. The Hall–Kier alpha value is -3.90. The maximum Gasteiger partial charge on any atom is 0.283 e. The Morgan fingerprint density at radius 1 is 1.11 bits per heavy atom. The molecule has 0 fully saturated rings. The number of aliphatic imine (C=N–C) groups is 1. The van der Waals surface area contributed by atoms with Crippen LogP contribution in [0.25, 0.3) is 17.0 Å². The lowest BCUT2D eigenvalue weighted by Gasteiger charge is -2.23. The average Bonchev–Trinajstić information content (AvgIpc) is 3.44. The van der Waals surface area contributed by atoms with Gasteiger partial charge in [-0.1, -0.05) is 18.2 Å². The van der Waals surface area contributed by atoms with Crippen LogP contribution in [0, 0.1) is 5.41 Å². The molecule has 184 valence electrons. The van der Waals surface area contributed by atoms with Gasteiger partial charge in [-0.25, -0.2) is 13.3 Å². The number of hydrogen-bond donors (Lipinski definition) is 1. The number of rotatable bonds is 6. The van der Waals surface area contributed by atoms with Gasteiger partial charge in [-0.3, -0.25) is 10.2 Å². The molecule has 1 amide bonds. The van der Waals surface area contributed by atoms with E-state index in [1.807, 2.05) is 59.3 Å². The molecule has 0 saturated heterocycles. The number of amides is 1. The van der Waals surface area contributed by atoms with Crippen molar-refractivity contribution in [3.05, 3.63) is 65.9 Å². The Balaban J connectivity index is 1.43. The zero-order valence-corrected chi connectivity index (χ0v) is 21.0. The fourth-order valence-electron chi connectivity index (χ4n) is 3.90. The number of ether oxygens (including phenoxy) is 2. The lowest BCUT2D eigenvalue weighted by Crippen LogP contribution is -2.45. The van der Waals surface area contributed by atoms with Crippen molar-refractivity contribution < 1.29 is 22.7 Å². The van der Waals surface area contributed by atoms with Crippen molar-refractivity contribution in [1.29, 1.82) is 5.41 Å². The fourth-order valence-corrected chi connectivity index (χ4v) is 5.75. The van der Waals surface area contributed by atoms with Gasteiger partial charge in [0, 0.05) is 28.9 Å². The molecule has 1 N–H and O–H groups in total. The number of nitrogens with one attached hydrogen (secondary N) is 1. The molecule has 5 rings (SSSR count). The first-order chi connectivity index (χ1) is 17.3. The molecule has 0 unspecified atom stereocenters. The summed E-state index contributed by atoms with van der Waals surface area (Å²) in [5, 5.41) is 9.19. The van der Waals surface area contributed by atoms with Gasteiger partial charge < -0.3 is 14.0 Å². The number of carbonyl (C=O) groups excluding carboxylic acids is 1. The van der Waals surface area contributed by atoms with Crippen molar-refractivity contribution in [3.63, 3.8) is 0 Å². The Labute approximate surface area is 211 Å². The number of fused-ring (bicyclic) bond motifs is 2. The number of para-hydroxylation sites is 1. The first-order valence-corrected chi connectivity index (χ1v) is 13.5. The largest absolute Gasteiger partial charge is 0.497 e. The second-order valence-corrected chi connectivity index (χ2v) is 10.6. The smallest absolute Gasteiger partial charge is 0.283 e. The van der Waals surface area contributed by atoms with Gasteiger partial charge in [0.25, 0.3) is 5.91 Å². The van der Waals surface area contributed by atoms with Gasteiger partial charge in [0.15, 0.2) is 0 Å². The highest BCUT2D eigenvalue weighted by molar-refractivity contribution is 8.16. The predicted octanol–water partition coefficient (Wildman–Crippen LogP) is 3.35. The summed E-state index contributed by atoms with van der Waals surface area (Å²) in [6.07, 6.45) is 4.44. The van der Waals surface area contributed by atoms with Crippen LogP contribution in [0.5, 0.6) is 11.5 Å². The first-order valence-electron chi connectivity index (χ1n) is 10.8.